The van der Waals surface area contributed by atoms with E-state index in [9.17, 15) is 25.2 Å². The molecule has 2 rings (SSSR count). The van der Waals surface area contributed by atoms with Gasteiger partial charge in [0.25, 0.3) is 0 Å². The average Bonchev–Trinajstić information content (AvgIpc) is 3.04. The van der Waals surface area contributed by atoms with Gasteiger partial charge in [0.05, 0.1) is 6.61 Å². The Kier molecular flexibility index (Phi) is 15.8. The van der Waals surface area contributed by atoms with Crippen LogP contribution in [0.25, 0.3) is 12.2 Å². The first-order valence-electron chi connectivity index (χ1n) is 14.9. The first kappa shape index (κ1) is 35.6. The van der Waals surface area contributed by atoms with Crippen molar-refractivity contribution in [1.82, 2.24) is 4.90 Å². The van der Waals surface area contributed by atoms with Crippen molar-refractivity contribution in [2.45, 2.75) is 27.7 Å². The number of carbonyl (C=O) groups excluding carboxylic acids is 2. The molecule has 0 bridgehead atoms. The third kappa shape index (κ3) is 11.2. The number of hydrogen-bond donors (Lipinski definition) is 1. The van der Waals surface area contributed by atoms with Gasteiger partial charge in [0.15, 0.2) is 0 Å². The van der Waals surface area contributed by atoms with Crippen LogP contribution < -0.4 is 9.80 Å². The largest absolute Gasteiger partial charge is 0.460 e. The standard InChI is InChI=1S/C34H43N5O5/c1-5-38(6-2)31-13-9-27(10-14-31)23-29(25-35)33(41)43-21-18-37(17-20-40)19-22-44-34(42)30(26-36)24-28-11-15-32(16-12-28)39(7-3)8-4/h9-16,23-24,40H,5-8,17-22H2,1-4H3/b29-23+,30-24+. The number of carbonyl (C=O) groups is 2. The maximum absolute atomic E-state index is 12.5. The summed E-state index contributed by atoms with van der Waals surface area (Å²) >= 11 is 0. The molecule has 2 aromatic carbocycles. The Balaban J connectivity index is 1.89. The van der Waals surface area contributed by atoms with Crippen LogP contribution in [0.2, 0.25) is 0 Å². The lowest BCUT2D eigenvalue weighted by Gasteiger charge is -2.21. The number of nitriles is 2. The van der Waals surface area contributed by atoms with Gasteiger partial charge in [0.1, 0.15) is 36.5 Å². The number of aliphatic hydroxyl groups is 1. The minimum absolute atomic E-state index is 0.0282. The van der Waals surface area contributed by atoms with Gasteiger partial charge >= 0.3 is 11.9 Å². The van der Waals surface area contributed by atoms with Crippen LogP contribution in [0.4, 0.5) is 11.4 Å². The molecule has 0 unspecified atom stereocenters. The van der Waals surface area contributed by atoms with Gasteiger partial charge in [-0.05, 0) is 75.2 Å². The van der Waals surface area contributed by atoms with Crippen LogP contribution in [0.15, 0.2) is 59.7 Å². The summed E-state index contributed by atoms with van der Waals surface area (Å²) in [5.74, 6) is -1.49. The summed E-state index contributed by atoms with van der Waals surface area (Å²) in [4.78, 5) is 31.2. The molecule has 10 heteroatoms. The fraction of sp³-hybridized carbons (Fsp3) is 0.412. The van der Waals surface area contributed by atoms with E-state index in [1.165, 1.54) is 12.2 Å². The molecule has 2 aromatic rings. The summed E-state index contributed by atoms with van der Waals surface area (Å²) in [5.41, 5.74) is 3.29. The zero-order valence-electron chi connectivity index (χ0n) is 26.2. The zero-order valence-corrected chi connectivity index (χ0v) is 26.2. The van der Waals surface area contributed by atoms with Crippen LogP contribution >= 0.6 is 0 Å². The lowest BCUT2D eigenvalue weighted by molar-refractivity contribution is -0.139. The molecule has 0 fully saturated rings. The third-order valence-corrected chi connectivity index (χ3v) is 7.04. The molecule has 0 aromatic heterocycles. The zero-order chi connectivity index (χ0) is 32.3. The summed E-state index contributed by atoms with van der Waals surface area (Å²) in [6.07, 6.45) is 2.97. The number of nitrogens with zero attached hydrogens (tertiary/aromatic N) is 5. The van der Waals surface area contributed by atoms with Crippen LogP contribution in [0.1, 0.15) is 38.8 Å². The first-order valence-corrected chi connectivity index (χ1v) is 14.9. The Morgan fingerprint density at radius 3 is 1.34 bits per heavy atom. The number of esters is 2. The molecule has 0 atom stereocenters. The van der Waals surface area contributed by atoms with Gasteiger partial charge in [0, 0.05) is 57.2 Å². The smallest absolute Gasteiger partial charge is 0.348 e. The number of rotatable bonds is 18. The van der Waals surface area contributed by atoms with Crippen LogP contribution in [-0.2, 0) is 19.1 Å². The molecule has 0 heterocycles. The molecule has 1 N–H and O–H groups in total. The Hall–Kier alpha value is -4.64. The van der Waals surface area contributed by atoms with Gasteiger partial charge in [-0.25, -0.2) is 9.59 Å². The highest BCUT2D eigenvalue weighted by atomic mass is 16.5. The molecule has 0 saturated heterocycles. The van der Waals surface area contributed by atoms with Crippen LogP contribution in [0, 0.1) is 22.7 Å². The Morgan fingerprint density at radius 2 is 1.05 bits per heavy atom. The summed E-state index contributed by atoms with van der Waals surface area (Å²) in [6, 6.07) is 19.0. The monoisotopic (exact) mass is 601 g/mol. The van der Waals surface area contributed by atoms with Crippen molar-refractivity contribution in [3.05, 3.63) is 70.8 Å². The number of benzene rings is 2. The van der Waals surface area contributed by atoms with Crippen molar-refractivity contribution < 1.29 is 24.2 Å². The molecule has 44 heavy (non-hydrogen) atoms. The van der Waals surface area contributed by atoms with Crippen molar-refractivity contribution >= 4 is 35.5 Å². The molecular weight excluding hydrogens is 558 g/mol. The van der Waals surface area contributed by atoms with E-state index in [4.69, 9.17) is 9.47 Å². The van der Waals surface area contributed by atoms with E-state index in [0.717, 1.165) is 37.6 Å². The van der Waals surface area contributed by atoms with Gasteiger partial charge < -0.3 is 24.4 Å². The summed E-state index contributed by atoms with van der Waals surface area (Å²) in [5, 5.41) is 28.4. The van der Waals surface area contributed by atoms with Gasteiger partial charge in [-0.3, -0.25) is 4.90 Å². The molecule has 0 saturated carbocycles. The van der Waals surface area contributed by atoms with E-state index >= 15 is 0 Å². The van der Waals surface area contributed by atoms with Gasteiger partial charge in [-0.1, -0.05) is 24.3 Å². The van der Waals surface area contributed by atoms with Gasteiger partial charge in [-0.2, -0.15) is 10.5 Å². The van der Waals surface area contributed by atoms with E-state index in [2.05, 4.69) is 37.5 Å². The van der Waals surface area contributed by atoms with Crippen molar-refractivity contribution in [3.63, 3.8) is 0 Å². The van der Waals surface area contributed by atoms with Crippen molar-refractivity contribution in [2.75, 3.05) is 75.4 Å². The topological polar surface area (TPSA) is 130 Å². The SMILES string of the molecule is CCN(CC)c1ccc(/C=C(\C#N)C(=O)OCCN(CCO)CCOC(=O)/C(C#N)=C/c2ccc(N(CC)CC)cc2)cc1. The quantitative estimate of drug-likeness (QED) is 0.150. The van der Waals surface area contributed by atoms with E-state index in [-0.39, 0.29) is 50.6 Å². The molecular formula is C34H43N5O5. The molecule has 0 amide bonds. The minimum Gasteiger partial charge on any atom is -0.460 e. The normalized spacial score (nSPS) is 11.5. The average molecular weight is 602 g/mol. The Morgan fingerprint density at radius 1 is 0.682 bits per heavy atom. The van der Waals surface area contributed by atoms with E-state index < -0.39 is 11.9 Å². The Bertz CT molecular complexity index is 1230. The molecule has 0 aliphatic carbocycles. The molecule has 0 aliphatic heterocycles. The highest BCUT2D eigenvalue weighted by molar-refractivity contribution is 5.98. The van der Waals surface area contributed by atoms with Crippen LogP contribution in [-0.4, -0.2) is 87.6 Å². The predicted octanol–water partition coefficient (Wildman–Crippen LogP) is 4.27. The fourth-order valence-corrected chi connectivity index (χ4v) is 4.51. The highest BCUT2D eigenvalue weighted by Crippen LogP contribution is 2.18. The number of anilines is 2. The maximum atomic E-state index is 12.5. The second-order valence-electron chi connectivity index (χ2n) is 9.70. The number of aliphatic hydroxyl groups excluding tert-OH is 1. The lowest BCUT2D eigenvalue weighted by atomic mass is 10.1. The van der Waals surface area contributed by atoms with Crippen molar-refractivity contribution in [2.24, 2.45) is 0 Å². The maximum Gasteiger partial charge on any atom is 0.348 e. The second-order valence-corrected chi connectivity index (χ2v) is 9.70. The highest BCUT2D eigenvalue weighted by Gasteiger charge is 2.15. The minimum atomic E-state index is -0.746. The third-order valence-electron chi connectivity index (χ3n) is 7.04. The van der Waals surface area contributed by atoms with E-state index in [1.54, 1.807) is 4.90 Å². The summed E-state index contributed by atoms with van der Waals surface area (Å²) < 4.78 is 10.6. The lowest BCUT2D eigenvalue weighted by Crippen LogP contribution is -2.34. The molecule has 0 radical (unpaired) electrons. The predicted molar refractivity (Wildman–Crippen MR) is 173 cm³/mol. The Labute approximate surface area is 261 Å². The van der Waals surface area contributed by atoms with E-state index in [1.807, 2.05) is 60.7 Å². The van der Waals surface area contributed by atoms with Crippen molar-refractivity contribution in [3.8, 4) is 12.1 Å². The number of hydrogen-bond acceptors (Lipinski definition) is 10. The van der Waals surface area contributed by atoms with Gasteiger partial charge in [-0.15, -0.1) is 0 Å². The molecule has 10 nitrogen and oxygen atoms in total. The summed E-state index contributed by atoms with van der Waals surface area (Å²) in [7, 11) is 0. The van der Waals surface area contributed by atoms with Gasteiger partial charge in [0.2, 0.25) is 0 Å². The van der Waals surface area contributed by atoms with E-state index in [0.29, 0.717) is 11.1 Å². The van der Waals surface area contributed by atoms with Crippen LogP contribution in [0.3, 0.4) is 0 Å². The number of ether oxygens (including phenoxy) is 2. The molecule has 0 aliphatic rings. The second kappa shape index (κ2) is 19.5. The fourth-order valence-electron chi connectivity index (χ4n) is 4.51. The summed E-state index contributed by atoms with van der Waals surface area (Å²) in [6.45, 7) is 12.4. The van der Waals surface area contributed by atoms with Crippen LogP contribution in [0.5, 0.6) is 0 Å². The molecule has 234 valence electrons. The van der Waals surface area contributed by atoms with Crippen molar-refractivity contribution in [1.29, 1.82) is 10.5 Å². The molecule has 0 spiro atoms. The first-order chi connectivity index (χ1) is 21.3.